The molecule has 2 aromatic carbocycles. The average molecular weight is 324 g/mol. The molecule has 0 saturated carbocycles. The van der Waals surface area contributed by atoms with E-state index in [0.29, 0.717) is 22.3 Å². The molecular formula is C16H15Cl2NO2. The van der Waals surface area contributed by atoms with Gasteiger partial charge < -0.3 is 10.1 Å². The average Bonchev–Trinajstić information content (AvgIpc) is 2.44. The fraction of sp³-hybridized carbons (Fsp3) is 0.188. The van der Waals surface area contributed by atoms with Crippen LogP contribution in [0.3, 0.4) is 0 Å². The van der Waals surface area contributed by atoms with Gasteiger partial charge in [0, 0.05) is 5.02 Å². The fourth-order valence-electron chi connectivity index (χ4n) is 1.84. The van der Waals surface area contributed by atoms with E-state index in [1.54, 1.807) is 18.2 Å². The number of nitrogens with one attached hydrogen (secondary N) is 1. The van der Waals surface area contributed by atoms with Crippen LogP contribution in [0.4, 0.5) is 5.69 Å². The number of benzene rings is 2. The largest absolute Gasteiger partial charge is 0.494 e. The fourth-order valence-corrected chi connectivity index (χ4v) is 2.30. The number of rotatable bonds is 5. The molecule has 0 unspecified atom stereocenters. The predicted molar refractivity (Wildman–Crippen MR) is 86.4 cm³/mol. The third-order valence-electron chi connectivity index (χ3n) is 2.80. The molecule has 0 spiro atoms. The Morgan fingerprint density at radius 2 is 1.86 bits per heavy atom. The second-order valence-electron chi connectivity index (χ2n) is 4.43. The second kappa shape index (κ2) is 7.34. The third kappa shape index (κ3) is 4.66. The van der Waals surface area contributed by atoms with Crippen molar-refractivity contribution in [3.05, 3.63) is 58.1 Å². The van der Waals surface area contributed by atoms with E-state index < -0.39 is 0 Å². The summed E-state index contributed by atoms with van der Waals surface area (Å²) < 4.78 is 5.36. The Hall–Kier alpha value is -1.71. The Labute approximate surface area is 133 Å². The zero-order chi connectivity index (χ0) is 15.2. The van der Waals surface area contributed by atoms with E-state index in [1.807, 2.05) is 31.2 Å². The third-order valence-corrected chi connectivity index (χ3v) is 3.35. The quantitative estimate of drug-likeness (QED) is 0.875. The van der Waals surface area contributed by atoms with Crippen molar-refractivity contribution in [2.45, 2.75) is 13.3 Å². The molecule has 2 aromatic rings. The maximum atomic E-state index is 12.0. The van der Waals surface area contributed by atoms with Crippen LogP contribution in [0, 0.1) is 0 Å². The summed E-state index contributed by atoms with van der Waals surface area (Å²) in [6.07, 6.45) is 0.269. The highest BCUT2D eigenvalue weighted by molar-refractivity contribution is 6.36. The van der Waals surface area contributed by atoms with Gasteiger partial charge in [0.1, 0.15) is 5.75 Å². The van der Waals surface area contributed by atoms with Crippen LogP contribution in [0.5, 0.6) is 5.75 Å². The van der Waals surface area contributed by atoms with Crippen LogP contribution in [0.1, 0.15) is 12.5 Å². The first-order valence-corrected chi connectivity index (χ1v) is 7.30. The molecule has 0 fully saturated rings. The Morgan fingerprint density at radius 1 is 1.14 bits per heavy atom. The molecule has 2 rings (SSSR count). The molecule has 1 amide bonds. The van der Waals surface area contributed by atoms with Crippen molar-refractivity contribution in [3.63, 3.8) is 0 Å². The lowest BCUT2D eigenvalue weighted by Gasteiger charge is -2.08. The number of ether oxygens (including phenoxy) is 1. The molecule has 0 bridgehead atoms. The van der Waals surface area contributed by atoms with Gasteiger partial charge in [0.25, 0.3) is 0 Å². The van der Waals surface area contributed by atoms with Gasteiger partial charge in [-0.15, -0.1) is 0 Å². The van der Waals surface area contributed by atoms with Crippen molar-refractivity contribution in [2.24, 2.45) is 0 Å². The van der Waals surface area contributed by atoms with E-state index in [9.17, 15) is 4.79 Å². The van der Waals surface area contributed by atoms with Gasteiger partial charge in [-0.2, -0.15) is 0 Å². The van der Waals surface area contributed by atoms with Crippen molar-refractivity contribution in [2.75, 3.05) is 11.9 Å². The van der Waals surface area contributed by atoms with Crippen LogP contribution in [0.15, 0.2) is 42.5 Å². The van der Waals surface area contributed by atoms with Crippen LogP contribution in [-0.4, -0.2) is 12.5 Å². The highest BCUT2D eigenvalue weighted by atomic mass is 35.5. The summed E-state index contributed by atoms with van der Waals surface area (Å²) in [7, 11) is 0. The first kappa shape index (κ1) is 15.7. The van der Waals surface area contributed by atoms with Crippen molar-refractivity contribution in [1.29, 1.82) is 0 Å². The Balaban J connectivity index is 1.98. The lowest BCUT2D eigenvalue weighted by atomic mass is 10.1. The number of hydrogen-bond acceptors (Lipinski definition) is 2. The van der Waals surface area contributed by atoms with Gasteiger partial charge >= 0.3 is 0 Å². The van der Waals surface area contributed by atoms with Crippen molar-refractivity contribution < 1.29 is 9.53 Å². The Kier molecular flexibility index (Phi) is 5.48. The second-order valence-corrected chi connectivity index (χ2v) is 5.27. The molecule has 5 heteroatoms. The van der Waals surface area contributed by atoms with Crippen molar-refractivity contribution in [3.8, 4) is 5.75 Å². The van der Waals surface area contributed by atoms with Gasteiger partial charge in [0.2, 0.25) is 5.91 Å². The molecular weight excluding hydrogens is 309 g/mol. The highest BCUT2D eigenvalue weighted by Gasteiger charge is 2.07. The number of amides is 1. The molecule has 0 radical (unpaired) electrons. The monoisotopic (exact) mass is 323 g/mol. The first-order valence-electron chi connectivity index (χ1n) is 6.55. The summed E-state index contributed by atoms with van der Waals surface area (Å²) in [5.41, 5.74) is 1.46. The summed E-state index contributed by atoms with van der Waals surface area (Å²) in [4.78, 5) is 12.0. The van der Waals surface area contributed by atoms with Crippen LogP contribution in [-0.2, 0) is 11.2 Å². The molecule has 1 N–H and O–H groups in total. The van der Waals surface area contributed by atoms with Crippen LogP contribution in [0.2, 0.25) is 10.0 Å². The minimum absolute atomic E-state index is 0.136. The smallest absolute Gasteiger partial charge is 0.228 e. The Morgan fingerprint density at radius 3 is 2.48 bits per heavy atom. The molecule has 3 nitrogen and oxygen atoms in total. The molecule has 0 aliphatic rings. The molecule has 0 aromatic heterocycles. The predicted octanol–water partition coefficient (Wildman–Crippen LogP) is 4.57. The maximum absolute atomic E-state index is 12.0. The normalized spacial score (nSPS) is 10.2. The highest BCUT2D eigenvalue weighted by Crippen LogP contribution is 2.25. The number of carbonyl (C=O) groups excluding carboxylic acids is 1. The van der Waals surface area contributed by atoms with E-state index in [2.05, 4.69) is 5.32 Å². The maximum Gasteiger partial charge on any atom is 0.228 e. The summed E-state index contributed by atoms with van der Waals surface area (Å²) in [6, 6.07) is 12.4. The molecule has 0 saturated heterocycles. The van der Waals surface area contributed by atoms with Gasteiger partial charge in [0.05, 0.1) is 23.7 Å². The summed E-state index contributed by atoms with van der Waals surface area (Å²) in [5.74, 6) is 0.658. The van der Waals surface area contributed by atoms with Crippen LogP contribution in [0.25, 0.3) is 0 Å². The lowest BCUT2D eigenvalue weighted by molar-refractivity contribution is -0.115. The number of hydrogen-bond donors (Lipinski definition) is 1. The van der Waals surface area contributed by atoms with Crippen molar-refractivity contribution in [1.82, 2.24) is 0 Å². The minimum Gasteiger partial charge on any atom is -0.494 e. The lowest BCUT2D eigenvalue weighted by Crippen LogP contribution is -2.14. The van der Waals surface area contributed by atoms with Crippen molar-refractivity contribution >= 4 is 34.8 Å². The summed E-state index contributed by atoms with van der Waals surface area (Å²) in [6.45, 7) is 2.55. The summed E-state index contributed by atoms with van der Waals surface area (Å²) in [5, 5.41) is 3.72. The zero-order valence-electron chi connectivity index (χ0n) is 11.5. The van der Waals surface area contributed by atoms with Crippen LogP contribution < -0.4 is 10.1 Å². The van der Waals surface area contributed by atoms with Gasteiger partial charge in [0.15, 0.2) is 0 Å². The number of halogens is 2. The molecule has 0 aliphatic carbocycles. The molecule has 21 heavy (non-hydrogen) atoms. The van der Waals surface area contributed by atoms with E-state index in [0.717, 1.165) is 11.3 Å². The topological polar surface area (TPSA) is 38.3 Å². The van der Waals surface area contributed by atoms with E-state index in [-0.39, 0.29) is 12.3 Å². The molecule has 110 valence electrons. The molecule has 0 atom stereocenters. The Bertz CT molecular complexity index is 627. The summed E-state index contributed by atoms with van der Waals surface area (Å²) >= 11 is 11.8. The van der Waals surface area contributed by atoms with Crippen LogP contribution >= 0.6 is 23.2 Å². The van der Waals surface area contributed by atoms with Gasteiger partial charge in [-0.1, -0.05) is 35.3 Å². The number of anilines is 1. The van der Waals surface area contributed by atoms with E-state index >= 15 is 0 Å². The standard InChI is InChI=1S/C16H15Cl2NO2/c1-2-21-13-6-3-11(4-7-13)9-16(20)19-15-8-5-12(17)10-14(15)18/h3-8,10H,2,9H2,1H3,(H,19,20). The van der Waals surface area contributed by atoms with Gasteiger partial charge in [-0.25, -0.2) is 0 Å². The van der Waals surface area contributed by atoms with Gasteiger partial charge in [-0.05, 0) is 42.8 Å². The van der Waals surface area contributed by atoms with Gasteiger partial charge in [-0.3, -0.25) is 4.79 Å². The van der Waals surface area contributed by atoms with E-state index in [4.69, 9.17) is 27.9 Å². The minimum atomic E-state index is -0.136. The molecule has 0 aliphatic heterocycles. The first-order chi connectivity index (χ1) is 10.1. The molecule has 0 heterocycles. The number of carbonyl (C=O) groups is 1. The van der Waals surface area contributed by atoms with E-state index in [1.165, 1.54) is 0 Å². The SMILES string of the molecule is CCOc1ccc(CC(=O)Nc2ccc(Cl)cc2Cl)cc1. The zero-order valence-corrected chi connectivity index (χ0v) is 13.0.